The molecule has 13 heteroatoms. The van der Waals surface area contributed by atoms with Gasteiger partial charge in [-0.3, -0.25) is 9.09 Å². The molecule has 4 rings (SSSR count). The number of thiazole rings is 1. The summed E-state index contributed by atoms with van der Waals surface area (Å²) in [4.78, 5) is 16.7. The topological polar surface area (TPSA) is 109 Å². The third-order valence-corrected chi connectivity index (χ3v) is 8.30. The van der Waals surface area contributed by atoms with Crippen LogP contribution >= 0.6 is 43.4 Å². The van der Waals surface area contributed by atoms with Gasteiger partial charge >= 0.3 is 18.1 Å². The van der Waals surface area contributed by atoms with Gasteiger partial charge < -0.3 is 28.3 Å². The highest BCUT2D eigenvalue weighted by Gasteiger charge is 2.51. The monoisotopic (exact) mass is 547 g/mol. The van der Waals surface area contributed by atoms with Gasteiger partial charge in [0.1, 0.15) is 29.3 Å². The van der Waals surface area contributed by atoms with Crippen LogP contribution in [0.4, 0.5) is 0 Å². The number of ether oxygens (including phenoxy) is 4. The Hall–Kier alpha value is -1.56. The first-order chi connectivity index (χ1) is 16.0. The van der Waals surface area contributed by atoms with E-state index in [1.54, 1.807) is 13.8 Å². The van der Waals surface area contributed by atoms with Gasteiger partial charge in [0, 0.05) is 29.3 Å². The van der Waals surface area contributed by atoms with Crippen molar-refractivity contribution in [1.82, 2.24) is 4.98 Å². The number of aryl methyl sites for hydroxylation is 1. The van der Waals surface area contributed by atoms with E-state index in [-0.39, 0.29) is 21.5 Å². The molecule has 0 aromatic carbocycles. The molecule has 34 heavy (non-hydrogen) atoms. The molecule has 1 N–H and O–H groups in total. The van der Waals surface area contributed by atoms with Crippen LogP contribution in [0.2, 0.25) is 0 Å². The van der Waals surface area contributed by atoms with Crippen molar-refractivity contribution < 1.29 is 37.3 Å². The summed E-state index contributed by atoms with van der Waals surface area (Å²) in [6, 6.07) is 1.42. The summed E-state index contributed by atoms with van der Waals surface area (Å²) in [6.45, 7) is 9.52. The van der Waals surface area contributed by atoms with Crippen LogP contribution in [0.15, 0.2) is 16.7 Å². The molecule has 2 aliphatic heterocycles. The Kier molecular flexibility index (Phi) is 7.38. The Bertz CT molecular complexity index is 1100. The second-order valence-corrected chi connectivity index (χ2v) is 12.3. The summed E-state index contributed by atoms with van der Waals surface area (Å²) in [7, 11) is -4.49. The fraction of sp³-hybridized carbons (Fsp3) is 0.571. The molecule has 2 aromatic rings. The van der Waals surface area contributed by atoms with Crippen molar-refractivity contribution in [3.05, 3.63) is 22.2 Å². The van der Waals surface area contributed by atoms with Crippen LogP contribution in [0, 0.1) is 12.8 Å². The smallest absolute Gasteiger partial charge is 0.363 e. The van der Waals surface area contributed by atoms with Crippen molar-refractivity contribution in [2.75, 3.05) is 0 Å². The molecule has 0 spiro atoms. The third kappa shape index (κ3) is 5.17. The normalized spacial score (nSPS) is 27.1. The van der Waals surface area contributed by atoms with Gasteiger partial charge in [0.25, 0.3) is 0 Å². The highest BCUT2D eigenvalue weighted by Crippen LogP contribution is 2.49. The number of furan rings is 1. The van der Waals surface area contributed by atoms with E-state index >= 15 is 0 Å². The fourth-order valence-corrected chi connectivity index (χ4v) is 6.98. The summed E-state index contributed by atoms with van der Waals surface area (Å²) in [5, 5.41) is 0.676. The van der Waals surface area contributed by atoms with Crippen LogP contribution in [0.3, 0.4) is 0 Å². The first kappa shape index (κ1) is 25.5. The molecule has 5 atom stereocenters. The van der Waals surface area contributed by atoms with Gasteiger partial charge in [-0.25, -0.2) is 4.98 Å². The maximum atomic E-state index is 13.7. The minimum absolute atomic E-state index is 0.00361. The van der Waals surface area contributed by atoms with E-state index < -0.39 is 38.1 Å². The zero-order valence-electron chi connectivity index (χ0n) is 19.3. The molecule has 0 bridgehead atoms. The average molecular weight is 548 g/mol. The van der Waals surface area contributed by atoms with E-state index in [0.29, 0.717) is 11.6 Å². The summed E-state index contributed by atoms with van der Waals surface area (Å²) in [5.41, 5.74) is 0.538. The number of aromatic nitrogens is 1. The lowest BCUT2D eigenvalue weighted by atomic mass is 10.0. The van der Waals surface area contributed by atoms with E-state index in [1.165, 1.54) is 23.7 Å². The van der Waals surface area contributed by atoms with Gasteiger partial charge in [0.15, 0.2) is 18.0 Å². The molecule has 5 unspecified atom stereocenters. The first-order valence-electron chi connectivity index (χ1n) is 10.8. The molecule has 0 aliphatic carbocycles. The number of nitrogens with zero attached hydrogens (tertiary/aromatic N) is 1. The van der Waals surface area contributed by atoms with Crippen molar-refractivity contribution in [1.29, 1.82) is 0 Å². The SMILES string of the molecule is Cc1nc(-c2occc2P(=O)(O)OC(C2OC(=S)OC2C)C2OC(=S)OC2C)c(CC(C)C)s1. The average Bonchev–Trinajstić information content (AvgIpc) is 3.47. The van der Waals surface area contributed by atoms with E-state index in [9.17, 15) is 9.46 Å². The summed E-state index contributed by atoms with van der Waals surface area (Å²) in [5.74, 6) is 0.567. The zero-order valence-corrected chi connectivity index (χ0v) is 22.6. The van der Waals surface area contributed by atoms with E-state index in [0.717, 1.165) is 16.3 Å². The molecular formula is C21H26NO8PS3. The van der Waals surface area contributed by atoms with Gasteiger partial charge in [-0.1, -0.05) is 13.8 Å². The Balaban J connectivity index is 1.69. The highest BCUT2D eigenvalue weighted by atomic mass is 32.1. The molecular weight excluding hydrogens is 521 g/mol. The number of rotatable bonds is 8. The third-order valence-electron chi connectivity index (χ3n) is 5.43. The minimum atomic E-state index is -4.49. The van der Waals surface area contributed by atoms with Gasteiger partial charge in [0.2, 0.25) is 0 Å². The molecule has 2 aliphatic rings. The molecule has 2 saturated heterocycles. The maximum absolute atomic E-state index is 13.7. The largest absolute Gasteiger partial charge is 0.462 e. The maximum Gasteiger partial charge on any atom is 0.363 e. The molecule has 9 nitrogen and oxygen atoms in total. The minimum Gasteiger partial charge on any atom is -0.462 e. The van der Waals surface area contributed by atoms with E-state index in [4.69, 9.17) is 52.3 Å². The molecule has 186 valence electrons. The molecule has 2 fully saturated rings. The van der Waals surface area contributed by atoms with Crippen LogP contribution in [0.5, 0.6) is 0 Å². The summed E-state index contributed by atoms with van der Waals surface area (Å²) >= 11 is 11.6. The summed E-state index contributed by atoms with van der Waals surface area (Å²) in [6.07, 6.45) is -1.73. The van der Waals surface area contributed by atoms with Crippen LogP contribution < -0.4 is 5.30 Å². The summed E-state index contributed by atoms with van der Waals surface area (Å²) < 4.78 is 47.3. The lowest BCUT2D eigenvalue weighted by molar-refractivity contribution is -0.0413. The molecule has 0 saturated carbocycles. The number of hydrogen-bond donors (Lipinski definition) is 1. The molecule has 0 amide bonds. The first-order valence-corrected chi connectivity index (χ1v) is 14.0. The Morgan fingerprint density at radius 1 is 1.15 bits per heavy atom. The van der Waals surface area contributed by atoms with Crippen LogP contribution in [-0.2, 0) is 34.5 Å². The van der Waals surface area contributed by atoms with Gasteiger partial charge in [-0.2, -0.15) is 0 Å². The number of hydrogen-bond acceptors (Lipinski definition) is 11. The van der Waals surface area contributed by atoms with Gasteiger partial charge in [-0.05, 0) is 39.2 Å². The second kappa shape index (κ2) is 9.83. The Labute approximate surface area is 212 Å². The van der Waals surface area contributed by atoms with Crippen molar-refractivity contribution in [3.8, 4) is 11.5 Å². The lowest BCUT2D eigenvalue weighted by Gasteiger charge is -2.30. The van der Waals surface area contributed by atoms with Crippen molar-refractivity contribution in [2.24, 2.45) is 5.92 Å². The predicted molar refractivity (Wildman–Crippen MR) is 133 cm³/mol. The van der Waals surface area contributed by atoms with Crippen molar-refractivity contribution in [3.63, 3.8) is 0 Å². The molecule has 2 aromatic heterocycles. The Morgan fingerprint density at radius 3 is 2.24 bits per heavy atom. The Morgan fingerprint density at radius 2 is 1.74 bits per heavy atom. The number of thiocarbonyl (C=S) groups is 2. The molecule has 0 radical (unpaired) electrons. The van der Waals surface area contributed by atoms with Crippen LogP contribution in [-0.4, -0.2) is 50.9 Å². The van der Waals surface area contributed by atoms with Crippen molar-refractivity contribution >= 4 is 59.1 Å². The second-order valence-electron chi connectivity index (χ2n) is 8.64. The van der Waals surface area contributed by atoms with Crippen LogP contribution in [0.1, 0.15) is 37.6 Å². The lowest BCUT2D eigenvalue weighted by Crippen LogP contribution is -2.47. The predicted octanol–water partition coefficient (Wildman–Crippen LogP) is 4.28. The molecule has 4 heterocycles. The van der Waals surface area contributed by atoms with Gasteiger partial charge in [0.05, 0.1) is 11.3 Å². The van der Waals surface area contributed by atoms with Crippen LogP contribution in [0.25, 0.3) is 11.5 Å². The highest BCUT2D eigenvalue weighted by molar-refractivity contribution is 7.80. The van der Waals surface area contributed by atoms with E-state index in [2.05, 4.69) is 18.8 Å². The standard InChI is InChI=1S/C21H26NO8PS3/c1-9(2)8-14-15(22-12(5)34-14)18-13(6-7-25-18)31(23,24)30-19(16-10(3)26-20(32)28-16)17-11(4)27-21(33)29-17/h6-7,9-11,16-17,19H,8H2,1-5H3,(H,23,24). The van der Waals surface area contributed by atoms with E-state index in [1.807, 2.05) is 6.92 Å². The van der Waals surface area contributed by atoms with Gasteiger partial charge in [-0.15, -0.1) is 11.3 Å². The quantitative estimate of drug-likeness (QED) is 0.378. The zero-order chi connectivity index (χ0) is 24.8. The fourth-order valence-electron chi connectivity index (χ4n) is 3.96. The van der Waals surface area contributed by atoms with Crippen molar-refractivity contribution in [2.45, 2.75) is 71.6 Å².